The maximum absolute atomic E-state index is 13.1. The van der Waals surface area contributed by atoms with Gasteiger partial charge in [-0.2, -0.15) is 0 Å². The topological polar surface area (TPSA) is 118 Å². The molecule has 1 aliphatic rings. The molecule has 0 amide bonds. The molecular formula is C29H32N4O5. The number of hydrogen-bond acceptors (Lipinski definition) is 8. The number of carboxylic acids is 1. The molecule has 3 aromatic rings. The summed E-state index contributed by atoms with van der Waals surface area (Å²) in [6, 6.07) is 10.7. The van der Waals surface area contributed by atoms with Crippen LogP contribution in [0.2, 0.25) is 0 Å². The Morgan fingerprint density at radius 3 is 2.74 bits per heavy atom. The fourth-order valence-electron chi connectivity index (χ4n) is 4.68. The number of aliphatic carboxylic acids is 1. The summed E-state index contributed by atoms with van der Waals surface area (Å²) in [5.41, 5.74) is 0.102. The van der Waals surface area contributed by atoms with E-state index < -0.39 is 11.5 Å². The van der Waals surface area contributed by atoms with Crippen LogP contribution in [0, 0.1) is 0 Å². The van der Waals surface area contributed by atoms with Gasteiger partial charge in [0.15, 0.2) is 5.54 Å². The van der Waals surface area contributed by atoms with Crippen molar-refractivity contribution in [3.8, 4) is 11.5 Å². The van der Waals surface area contributed by atoms with Crippen molar-refractivity contribution in [3.05, 3.63) is 84.0 Å². The number of carbonyl (C=O) groups excluding carboxylic acids is 1. The molecule has 4 rings (SSSR count). The number of hydrogen-bond donors (Lipinski definition) is 2. The SMILES string of the molecule is O=C=C(CCC=Cc1cccnc1)C(NCCCN1CCOCC1)(C(=O)O)c1ccccc1-c1ncco1. The van der Waals surface area contributed by atoms with E-state index >= 15 is 0 Å². The maximum Gasteiger partial charge on any atom is 0.333 e. The summed E-state index contributed by atoms with van der Waals surface area (Å²) in [6.07, 6.45) is 11.5. The number of carboxylic acid groups (broad SMARTS) is 1. The van der Waals surface area contributed by atoms with E-state index in [9.17, 15) is 14.7 Å². The van der Waals surface area contributed by atoms with Gasteiger partial charge in [-0.25, -0.2) is 14.6 Å². The maximum atomic E-state index is 13.1. The first-order chi connectivity index (χ1) is 18.6. The first kappa shape index (κ1) is 27.2. The van der Waals surface area contributed by atoms with Crippen molar-refractivity contribution < 1.29 is 23.8 Å². The van der Waals surface area contributed by atoms with Crippen LogP contribution in [0.4, 0.5) is 0 Å². The van der Waals surface area contributed by atoms with Crippen LogP contribution in [0.25, 0.3) is 17.5 Å². The fraction of sp³-hybridized carbons (Fsp3) is 0.345. The number of aromatic nitrogens is 2. The van der Waals surface area contributed by atoms with Crippen LogP contribution in [0.1, 0.15) is 30.4 Å². The molecule has 3 heterocycles. The smallest absolute Gasteiger partial charge is 0.333 e. The third-order valence-electron chi connectivity index (χ3n) is 6.59. The van der Waals surface area contributed by atoms with Crippen LogP contribution in [0.3, 0.4) is 0 Å². The molecule has 0 aliphatic carbocycles. The monoisotopic (exact) mass is 516 g/mol. The number of nitrogens with one attached hydrogen (secondary N) is 1. The van der Waals surface area contributed by atoms with E-state index in [0.29, 0.717) is 43.7 Å². The molecule has 0 radical (unpaired) electrons. The lowest BCUT2D eigenvalue weighted by Crippen LogP contribution is -2.52. The minimum atomic E-state index is -1.81. The number of nitrogens with zero attached hydrogens (tertiary/aromatic N) is 3. The second-order valence-electron chi connectivity index (χ2n) is 8.98. The van der Waals surface area contributed by atoms with Crippen LogP contribution < -0.4 is 5.32 Å². The number of morpholine rings is 1. The molecule has 1 aliphatic heterocycles. The van der Waals surface area contributed by atoms with Gasteiger partial charge in [-0.05, 0) is 50.0 Å². The number of pyridine rings is 1. The molecule has 1 fully saturated rings. The summed E-state index contributed by atoms with van der Waals surface area (Å²) in [6.45, 7) is 4.25. The largest absolute Gasteiger partial charge is 0.479 e. The van der Waals surface area contributed by atoms with E-state index in [4.69, 9.17) is 9.15 Å². The number of benzene rings is 1. The Balaban J connectivity index is 1.62. The highest BCUT2D eigenvalue weighted by Gasteiger charge is 2.46. The van der Waals surface area contributed by atoms with Crippen molar-refractivity contribution in [1.29, 1.82) is 0 Å². The van der Waals surface area contributed by atoms with Crippen molar-refractivity contribution in [3.63, 3.8) is 0 Å². The van der Waals surface area contributed by atoms with Gasteiger partial charge >= 0.3 is 5.97 Å². The Morgan fingerprint density at radius 2 is 2.03 bits per heavy atom. The molecular weight excluding hydrogens is 484 g/mol. The lowest BCUT2D eigenvalue weighted by atomic mass is 9.78. The van der Waals surface area contributed by atoms with Gasteiger partial charge in [0.25, 0.3) is 0 Å². The van der Waals surface area contributed by atoms with Gasteiger partial charge in [0.05, 0.1) is 19.4 Å². The van der Waals surface area contributed by atoms with E-state index in [0.717, 1.165) is 25.2 Å². The van der Waals surface area contributed by atoms with Gasteiger partial charge in [-0.15, -0.1) is 0 Å². The van der Waals surface area contributed by atoms with E-state index in [2.05, 4.69) is 20.2 Å². The zero-order valence-corrected chi connectivity index (χ0v) is 21.2. The van der Waals surface area contributed by atoms with Gasteiger partial charge in [0.2, 0.25) is 5.89 Å². The van der Waals surface area contributed by atoms with Gasteiger partial charge in [0, 0.05) is 42.2 Å². The summed E-state index contributed by atoms with van der Waals surface area (Å²) in [4.78, 5) is 36.2. The summed E-state index contributed by atoms with van der Waals surface area (Å²) in [7, 11) is 0. The zero-order valence-electron chi connectivity index (χ0n) is 21.2. The van der Waals surface area contributed by atoms with Crippen LogP contribution in [0.5, 0.6) is 0 Å². The Kier molecular flexibility index (Phi) is 9.72. The number of oxazole rings is 1. The first-order valence-electron chi connectivity index (χ1n) is 12.7. The van der Waals surface area contributed by atoms with E-state index in [1.54, 1.807) is 36.7 Å². The van der Waals surface area contributed by atoms with Crippen LogP contribution in [-0.2, 0) is 19.9 Å². The molecule has 0 bridgehead atoms. The number of carbonyl (C=O) groups is 1. The predicted molar refractivity (Wildman–Crippen MR) is 143 cm³/mol. The van der Waals surface area contributed by atoms with Gasteiger partial charge in [-0.1, -0.05) is 36.4 Å². The lowest BCUT2D eigenvalue weighted by Gasteiger charge is -2.34. The average Bonchev–Trinajstić information content (AvgIpc) is 3.50. The molecule has 1 unspecified atom stereocenters. The Morgan fingerprint density at radius 1 is 1.18 bits per heavy atom. The fourth-order valence-corrected chi connectivity index (χ4v) is 4.68. The predicted octanol–water partition coefficient (Wildman–Crippen LogP) is 3.58. The van der Waals surface area contributed by atoms with Crippen molar-refractivity contribution in [2.75, 3.05) is 39.4 Å². The average molecular weight is 517 g/mol. The summed E-state index contributed by atoms with van der Waals surface area (Å²) < 4.78 is 10.9. The van der Waals surface area contributed by atoms with Crippen molar-refractivity contribution in [2.24, 2.45) is 0 Å². The molecule has 9 nitrogen and oxygen atoms in total. The van der Waals surface area contributed by atoms with Gasteiger partial charge in [0.1, 0.15) is 12.2 Å². The number of ether oxygens (including phenoxy) is 1. The van der Waals surface area contributed by atoms with Gasteiger partial charge in [-0.3, -0.25) is 15.2 Å². The van der Waals surface area contributed by atoms with E-state index in [1.807, 2.05) is 30.2 Å². The summed E-state index contributed by atoms with van der Waals surface area (Å²) >= 11 is 0. The van der Waals surface area contributed by atoms with Crippen molar-refractivity contribution in [2.45, 2.75) is 24.8 Å². The zero-order chi connectivity index (χ0) is 26.6. The minimum absolute atomic E-state index is 0.103. The highest BCUT2D eigenvalue weighted by Crippen LogP contribution is 2.37. The molecule has 198 valence electrons. The molecule has 9 heteroatoms. The summed E-state index contributed by atoms with van der Waals surface area (Å²) in [5, 5.41) is 14.0. The van der Waals surface area contributed by atoms with Crippen molar-refractivity contribution >= 4 is 18.0 Å². The first-order valence-corrected chi connectivity index (χ1v) is 12.7. The molecule has 38 heavy (non-hydrogen) atoms. The van der Waals surface area contributed by atoms with E-state index in [-0.39, 0.29) is 17.9 Å². The quantitative estimate of drug-likeness (QED) is 0.260. The molecule has 1 saturated heterocycles. The lowest BCUT2D eigenvalue weighted by molar-refractivity contribution is -0.143. The molecule has 0 saturated carbocycles. The molecule has 2 aromatic heterocycles. The Labute approximate surface area is 221 Å². The second kappa shape index (κ2) is 13.6. The Bertz CT molecular complexity index is 1250. The van der Waals surface area contributed by atoms with Gasteiger partial charge < -0.3 is 14.3 Å². The molecule has 0 spiro atoms. The highest BCUT2D eigenvalue weighted by atomic mass is 16.5. The van der Waals surface area contributed by atoms with E-state index in [1.165, 1.54) is 12.5 Å². The third kappa shape index (κ3) is 6.51. The minimum Gasteiger partial charge on any atom is -0.479 e. The Hall–Kier alpha value is -3.88. The molecule has 1 atom stereocenters. The van der Waals surface area contributed by atoms with Crippen LogP contribution >= 0.6 is 0 Å². The third-order valence-corrected chi connectivity index (χ3v) is 6.59. The number of rotatable bonds is 13. The number of allylic oxidation sites excluding steroid dienone is 1. The van der Waals surface area contributed by atoms with Crippen LogP contribution in [-0.4, -0.2) is 71.3 Å². The van der Waals surface area contributed by atoms with Crippen LogP contribution in [0.15, 0.2) is 77.3 Å². The summed E-state index contributed by atoms with van der Waals surface area (Å²) in [5.74, 6) is 1.08. The highest BCUT2D eigenvalue weighted by molar-refractivity contribution is 5.91. The molecule has 2 N–H and O–H groups in total. The second-order valence-corrected chi connectivity index (χ2v) is 8.98. The molecule has 1 aromatic carbocycles. The normalized spacial score (nSPS) is 15.7. The van der Waals surface area contributed by atoms with Crippen molar-refractivity contribution in [1.82, 2.24) is 20.2 Å². The standard InChI is InChI=1S/C29H32N4O5/c34-22-24(9-2-1-7-23-8-5-12-30-21-23)29(28(35)36,32-13-6-15-33-16-19-37-20-17-33)26-11-4-3-10-25(26)27-31-14-18-38-27/h1,3-5,7-8,10-12,14,18,21,32H,2,6,9,13,15-17,19-20H2,(H,35,36).